The summed E-state index contributed by atoms with van der Waals surface area (Å²) < 4.78 is 5.64. The van der Waals surface area contributed by atoms with Crippen molar-refractivity contribution in [3.63, 3.8) is 0 Å². The van der Waals surface area contributed by atoms with Gasteiger partial charge in [-0.1, -0.05) is 29.5 Å². The molecule has 2 heterocycles. The first-order valence-electron chi connectivity index (χ1n) is 6.85. The van der Waals surface area contributed by atoms with E-state index in [2.05, 4.69) is 15.5 Å². The number of carbonyl (C=O) groups excluding carboxylic acids is 1. The van der Waals surface area contributed by atoms with Gasteiger partial charge in [-0.2, -0.15) is 0 Å². The van der Waals surface area contributed by atoms with E-state index in [9.17, 15) is 4.79 Å². The van der Waals surface area contributed by atoms with E-state index in [0.717, 1.165) is 21.5 Å². The van der Waals surface area contributed by atoms with Crippen molar-refractivity contribution < 1.29 is 9.21 Å². The van der Waals surface area contributed by atoms with Crippen LogP contribution in [0.3, 0.4) is 0 Å². The average molecular weight is 299 g/mol. The Labute approximate surface area is 125 Å². The standard InChI is InChI=1S/C15H13N3O2S/c1-8-10-4-2-3-5-11(10)20-12(8)13(19)16-15-18-17-14(21-15)9-6-7-9/h2-5,9H,6-7H2,1H3,(H,16,18,19). The highest BCUT2D eigenvalue weighted by Crippen LogP contribution is 2.42. The van der Waals surface area contributed by atoms with Gasteiger partial charge in [-0.05, 0) is 25.8 Å². The molecule has 0 atom stereocenters. The molecule has 0 bridgehead atoms. The van der Waals surface area contributed by atoms with Crippen LogP contribution < -0.4 is 5.32 Å². The molecule has 3 aromatic rings. The Kier molecular flexibility index (Phi) is 2.78. The van der Waals surface area contributed by atoms with Crippen molar-refractivity contribution in [2.24, 2.45) is 0 Å². The largest absolute Gasteiger partial charge is 0.451 e. The van der Waals surface area contributed by atoms with Crippen LogP contribution in [0.5, 0.6) is 0 Å². The molecule has 0 spiro atoms. The zero-order chi connectivity index (χ0) is 14.4. The number of benzene rings is 1. The van der Waals surface area contributed by atoms with E-state index in [1.165, 1.54) is 24.2 Å². The molecule has 6 heteroatoms. The van der Waals surface area contributed by atoms with Gasteiger partial charge >= 0.3 is 0 Å². The maximum absolute atomic E-state index is 12.3. The van der Waals surface area contributed by atoms with Crippen molar-refractivity contribution in [3.8, 4) is 0 Å². The lowest BCUT2D eigenvalue weighted by molar-refractivity contribution is 0.0998. The molecule has 1 fully saturated rings. The Bertz CT molecular complexity index is 832. The summed E-state index contributed by atoms with van der Waals surface area (Å²) in [6, 6.07) is 7.62. The van der Waals surface area contributed by atoms with Crippen LogP contribution in [0.25, 0.3) is 11.0 Å². The molecule has 1 N–H and O–H groups in total. The van der Waals surface area contributed by atoms with Crippen LogP contribution in [0.2, 0.25) is 0 Å². The fourth-order valence-corrected chi connectivity index (χ4v) is 3.23. The highest BCUT2D eigenvalue weighted by atomic mass is 32.1. The minimum absolute atomic E-state index is 0.276. The van der Waals surface area contributed by atoms with Gasteiger partial charge in [-0.3, -0.25) is 10.1 Å². The first kappa shape index (κ1) is 12.5. The second-order valence-electron chi connectivity index (χ2n) is 5.23. The maximum Gasteiger partial charge on any atom is 0.293 e. The fraction of sp³-hybridized carbons (Fsp3) is 0.267. The first-order valence-corrected chi connectivity index (χ1v) is 7.67. The zero-order valence-electron chi connectivity index (χ0n) is 11.4. The molecular formula is C15H13N3O2S. The summed E-state index contributed by atoms with van der Waals surface area (Å²) in [6.45, 7) is 1.89. The van der Waals surface area contributed by atoms with Crippen molar-refractivity contribution in [1.82, 2.24) is 10.2 Å². The summed E-state index contributed by atoms with van der Waals surface area (Å²) in [4.78, 5) is 12.3. The number of nitrogens with one attached hydrogen (secondary N) is 1. The van der Waals surface area contributed by atoms with Crippen LogP contribution in [0.15, 0.2) is 28.7 Å². The third-order valence-corrected chi connectivity index (χ3v) is 4.64. The van der Waals surface area contributed by atoms with Crippen LogP contribution >= 0.6 is 11.3 Å². The van der Waals surface area contributed by atoms with Crippen LogP contribution in [0.4, 0.5) is 5.13 Å². The van der Waals surface area contributed by atoms with Gasteiger partial charge in [-0.25, -0.2) is 0 Å². The number of hydrogen-bond acceptors (Lipinski definition) is 5. The molecule has 0 radical (unpaired) electrons. The summed E-state index contributed by atoms with van der Waals surface area (Å²) in [5.41, 5.74) is 1.56. The zero-order valence-corrected chi connectivity index (χ0v) is 12.2. The Morgan fingerprint density at radius 1 is 1.33 bits per heavy atom. The fourth-order valence-electron chi connectivity index (χ4n) is 2.33. The monoisotopic (exact) mass is 299 g/mol. The lowest BCUT2D eigenvalue weighted by Crippen LogP contribution is -2.11. The molecule has 1 aliphatic carbocycles. The van der Waals surface area contributed by atoms with E-state index in [4.69, 9.17) is 4.42 Å². The Hall–Kier alpha value is -2.21. The van der Waals surface area contributed by atoms with E-state index in [1.54, 1.807) is 0 Å². The van der Waals surface area contributed by atoms with Gasteiger partial charge in [0, 0.05) is 16.9 Å². The molecule has 1 saturated carbocycles. The van der Waals surface area contributed by atoms with Gasteiger partial charge in [0.05, 0.1) is 0 Å². The van der Waals surface area contributed by atoms with Crippen molar-refractivity contribution >= 4 is 33.3 Å². The van der Waals surface area contributed by atoms with E-state index in [0.29, 0.717) is 16.8 Å². The van der Waals surface area contributed by atoms with E-state index in [1.807, 2.05) is 31.2 Å². The number of aromatic nitrogens is 2. The topological polar surface area (TPSA) is 68.0 Å². The van der Waals surface area contributed by atoms with E-state index < -0.39 is 0 Å². The third-order valence-electron chi connectivity index (χ3n) is 3.64. The van der Waals surface area contributed by atoms with Crippen molar-refractivity contribution in [2.45, 2.75) is 25.7 Å². The van der Waals surface area contributed by atoms with Crippen molar-refractivity contribution in [2.75, 3.05) is 5.32 Å². The third kappa shape index (κ3) is 2.21. The summed E-state index contributed by atoms with van der Waals surface area (Å²) in [6.07, 6.45) is 2.34. The quantitative estimate of drug-likeness (QED) is 0.800. The van der Waals surface area contributed by atoms with Gasteiger partial charge in [-0.15, -0.1) is 10.2 Å². The molecular weight excluding hydrogens is 286 g/mol. The summed E-state index contributed by atoms with van der Waals surface area (Å²) in [5.74, 6) is 0.600. The van der Waals surface area contributed by atoms with Crippen molar-refractivity contribution in [3.05, 3.63) is 40.6 Å². The molecule has 1 aliphatic rings. The number of anilines is 1. The Morgan fingerprint density at radius 2 is 2.14 bits per heavy atom. The second-order valence-corrected chi connectivity index (χ2v) is 6.24. The number of hydrogen-bond donors (Lipinski definition) is 1. The number of fused-ring (bicyclic) bond motifs is 1. The first-order chi connectivity index (χ1) is 10.2. The smallest absolute Gasteiger partial charge is 0.293 e. The molecule has 1 amide bonds. The Morgan fingerprint density at radius 3 is 2.90 bits per heavy atom. The summed E-state index contributed by atoms with van der Waals surface area (Å²) >= 11 is 1.44. The number of para-hydroxylation sites is 1. The summed E-state index contributed by atoms with van der Waals surface area (Å²) in [7, 11) is 0. The maximum atomic E-state index is 12.3. The SMILES string of the molecule is Cc1c(C(=O)Nc2nnc(C3CC3)s2)oc2ccccc12. The van der Waals surface area contributed by atoms with Gasteiger partial charge in [0.25, 0.3) is 5.91 Å². The predicted octanol–water partition coefficient (Wildman–Crippen LogP) is 3.72. The van der Waals surface area contributed by atoms with Crippen LogP contribution in [-0.2, 0) is 0 Å². The molecule has 21 heavy (non-hydrogen) atoms. The van der Waals surface area contributed by atoms with Gasteiger partial charge < -0.3 is 4.42 Å². The number of aryl methyl sites for hydroxylation is 1. The lowest BCUT2D eigenvalue weighted by atomic mass is 10.1. The minimum atomic E-state index is -0.276. The highest BCUT2D eigenvalue weighted by molar-refractivity contribution is 7.15. The molecule has 0 saturated heterocycles. The molecule has 1 aromatic carbocycles. The number of rotatable bonds is 3. The van der Waals surface area contributed by atoms with Crippen LogP contribution in [-0.4, -0.2) is 16.1 Å². The average Bonchev–Trinajstić information content (AvgIpc) is 3.15. The van der Waals surface area contributed by atoms with Crippen LogP contribution in [0, 0.1) is 6.92 Å². The Balaban J connectivity index is 1.61. The lowest BCUT2D eigenvalue weighted by Gasteiger charge is -1.98. The van der Waals surface area contributed by atoms with Gasteiger partial charge in [0.15, 0.2) is 5.76 Å². The molecule has 4 rings (SSSR count). The predicted molar refractivity (Wildman–Crippen MR) is 80.8 cm³/mol. The summed E-state index contributed by atoms with van der Waals surface area (Å²) in [5, 5.41) is 13.4. The van der Waals surface area contributed by atoms with Crippen molar-refractivity contribution in [1.29, 1.82) is 0 Å². The van der Waals surface area contributed by atoms with E-state index >= 15 is 0 Å². The second kappa shape index (κ2) is 4.66. The van der Waals surface area contributed by atoms with E-state index in [-0.39, 0.29) is 5.91 Å². The normalized spacial score (nSPS) is 14.5. The minimum Gasteiger partial charge on any atom is -0.451 e. The molecule has 2 aromatic heterocycles. The molecule has 106 valence electrons. The number of nitrogens with zero attached hydrogens (tertiary/aromatic N) is 2. The number of furan rings is 1. The number of carbonyl (C=O) groups is 1. The molecule has 0 unspecified atom stereocenters. The highest BCUT2D eigenvalue weighted by Gasteiger charge is 2.28. The molecule has 5 nitrogen and oxygen atoms in total. The van der Waals surface area contributed by atoms with Gasteiger partial charge in [0.2, 0.25) is 5.13 Å². The number of amides is 1. The van der Waals surface area contributed by atoms with Crippen LogP contribution in [0.1, 0.15) is 39.9 Å². The molecule has 0 aliphatic heterocycles. The van der Waals surface area contributed by atoms with Gasteiger partial charge in [0.1, 0.15) is 10.6 Å².